The van der Waals surface area contributed by atoms with Gasteiger partial charge in [-0.15, -0.1) is 0 Å². The van der Waals surface area contributed by atoms with E-state index >= 15 is 0 Å². The molecule has 2 heterocycles. The van der Waals surface area contributed by atoms with Crippen molar-refractivity contribution >= 4 is 17.1 Å². The Kier molecular flexibility index (Phi) is 2.83. The standard InChI is InChI=1S/C20H24N4O2/c25-18(14-4-16-17(21-9-14)24(11-22-16)15-1-2-15)23-19-5-12-3-13(6-19)8-20(26,7-12)10-19/h4,9,11-13,15,26H,1-3,5-8,10H2,(H,23,25). The molecule has 6 heteroatoms. The molecule has 0 saturated heterocycles. The molecule has 6 nitrogen and oxygen atoms in total. The van der Waals surface area contributed by atoms with Crippen LogP contribution in [0.4, 0.5) is 0 Å². The van der Waals surface area contributed by atoms with E-state index in [9.17, 15) is 9.90 Å². The molecule has 2 aromatic rings. The maximum Gasteiger partial charge on any atom is 0.253 e. The normalized spacial score (nSPS) is 38.0. The topological polar surface area (TPSA) is 80.0 Å². The molecule has 4 bridgehead atoms. The summed E-state index contributed by atoms with van der Waals surface area (Å²) in [5.74, 6) is 1.03. The first kappa shape index (κ1) is 15.1. The molecule has 5 fully saturated rings. The number of carbonyl (C=O) groups excluding carboxylic acids is 1. The van der Waals surface area contributed by atoms with E-state index in [2.05, 4.69) is 19.9 Å². The molecule has 5 saturated carbocycles. The second kappa shape index (κ2) is 4.85. The van der Waals surface area contributed by atoms with Gasteiger partial charge >= 0.3 is 0 Å². The highest BCUT2D eigenvalue weighted by atomic mass is 16.3. The Bertz CT molecular complexity index is 902. The van der Waals surface area contributed by atoms with Crippen LogP contribution in [0.15, 0.2) is 18.6 Å². The summed E-state index contributed by atoms with van der Waals surface area (Å²) >= 11 is 0. The Balaban J connectivity index is 1.28. The number of aliphatic hydroxyl groups is 1. The summed E-state index contributed by atoms with van der Waals surface area (Å²) in [6.45, 7) is 0. The maximum atomic E-state index is 13.0. The first-order valence-electron chi connectivity index (χ1n) is 9.88. The van der Waals surface area contributed by atoms with Gasteiger partial charge in [-0.2, -0.15) is 0 Å². The molecule has 2 aromatic heterocycles. The lowest BCUT2D eigenvalue weighted by Gasteiger charge is -2.60. The van der Waals surface area contributed by atoms with Crippen LogP contribution in [0.2, 0.25) is 0 Å². The van der Waals surface area contributed by atoms with Crippen LogP contribution in [0.3, 0.4) is 0 Å². The van der Waals surface area contributed by atoms with Gasteiger partial charge < -0.3 is 15.0 Å². The second-order valence-corrected chi connectivity index (χ2v) is 9.37. The molecule has 136 valence electrons. The zero-order chi connectivity index (χ0) is 17.5. The summed E-state index contributed by atoms with van der Waals surface area (Å²) in [5, 5.41) is 14.2. The predicted molar refractivity (Wildman–Crippen MR) is 95.6 cm³/mol. The molecule has 0 radical (unpaired) electrons. The van der Waals surface area contributed by atoms with Crippen molar-refractivity contribution in [3.05, 3.63) is 24.2 Å². The second-order valence-electron chi connectivity index (χ2n) is 9.37. The highest BCUT2D eigenvalue weighted by Crippen LogP contribution is 2.57. The zero-order valence-electron chi connectivity index (χ0n) is 14.8. The summed E-state index contributed by atoms with van der Waals surface area (Å²) in [5.41, 5.74) is 1.42. The van der Waals surface area contributed by atoms with E-state index in [4.69, 9.17) is 0 Å². The minimum Gasteiger partial charge on any atom is -0.390 e. The minimum atomic E-state index is -0.567. The molecule has 2 atom stereocenters. The lowest BCUT2D eigenvalue weighted by molar-refractivity contribution is -0.139. The molecule has 1 amide bonds. The van der Waals surface area contributed by atoms with E-state index in [0.29, 0.717) is 29.9 Å². The molecule has 0 aliphatic heterocycles. The zero-order valence-corrected chi connectivity index (χ0v) is 14.8. The quantitative estimate of drug-likeness (QED) is 0.890. The van der Waals surface area contributed by atoms with Gasteiger partial charge in [-0.3, -0.25) is 4.79 Å². The fourth-order valence-corrected chi connectivity index (χ4v) is 6.34. The summed E-state index contributed by atoms with van der Waals surface area (Å²) < 4.78 is 2.12. The molecule has 0 spiro atoms. The van der Waals surface area contributed by atoms with Gasteiger partial charge in [-0.1, -0.05) is 0 Å². The van der Waals surface area contributed by atoms with Gasteiger partial charge in [0, 0.05) is 17.8 Å². The average Bonchev–Trinajstić information content (AvgIpc) is 3.31. The third-order valence-electron chi connectivity index (χ3n) is 7.02. The molecule has 5 aliphatic rings. The molecule has 2 unspecified atom stereocenters. The van der Waals surface area contributed by atoms with Crippen molar-refractivity contribution in [3.8, 4) is 0 Å². The number of fused-ring (bicyclic) bond motifs is 1. The summed E-state index contributed by atoms with van der Waals surface area (Å²) in [6, 6.07) is 2.38. The van der Waals surface area contributed by atoms with E-state index in [1.165, 1.54) is 19.3 Å². The molecule has 2 N–H and O–H groups in total. The van der Waals surface area contributed by atoms with Crippen LogP contribution >= 0.6 is 0 Å². The minimum absolute atomic E-state index is 0.0779. The fourth-order valence-electron chi connectivity index (χ4n) is 6.34. The van der Waals surface area contributed by atoms with Crippen molar-refractivity contribution in [1.82, 2.24) is 19.9 Å². The van der Waals surface area contributed by atoms with Crippen LogP contribution in [0.5, 0.6) is 0 Å². The van der Waals surface area contributed by atoms with E-state index in [1.54, 1.807) is 6.20 Å². The van der Waals surface area contributed by atoms with Crippen molar-refractivity contribution in [2.24, 2.45) is 11.8 Å². The number of carbonyl (C=O) groups is 1. The van der Waals surface area contributed by atoms with Crippen LogP contribution in [0, 0.1) is 11.8 Å². The van der Waals surface area contributed by atoms with E-state index in [-0.39, 0.29) is 11.4 Å². The van der Waals surface area contributed by atoms with Crippen LogP contribution < -0.4 is 5.32 Å². The molecular formula is C20H24N4O2. The maximum absolute atomic E-state index is 13.0. The van der Waals surface area contributed by atoms with Gasteiger partial charge in [-0.25, -0.2) is 9.97 Å². The largest absolute Gasteiger partial charge is 0.390 e. The Labute approximate surface area is 152 Å². The van der Waals surface area contributed by atoms with Crippen molar-refractivity contribution in [2.45, 2.75) is 68.5 Å². The average molecular weight is 352 g/mol. The number of nitrogens with one attached hydrogen (secondary N) is 1. The first-order valence-corrected chi connectivity index (χ1v) is 9.88. The number of nitrogens with zero attached hydrogens (tertiary/aromatic N) is 3. The van der Waals surface area contributed by atoms with Gasteiger partial charge in [0.25, 0.3) is 5.91 Å². The van der Waals surface area contributed by atoms with E-state index in [1.807, 2.05) is 12.4 Å². The molecule has 5 aliphatic carbocycles. The van der Waals surface area contributed by atoms with Crippen molar-refractivity contribution in [3.63, 3.8) is 0 Å². The van der Waals surface area contributed by atoms with E-state index in [0.717, 1.165) is 36.8 Å². The number of rotatable bonds is 3. The van der Waals surface area contributed by atoms with Crippen LogP contribution in [-0.4, -0.2) is 36.7 Å². The summed E-state index contributed by atoms with van der Waals surface area (Å²) in [7, 11) is 0. The lowest BCUT2D eigenvalue weighted by Crippen LogP contribution is -2.65. The SMILES string of the molecule is O=C(NC12CC3CC(CC(O)(C3)C1)C2)c1cnc2c(c1)ncn2C1CC1. The van der Waals surface area contributed by atoms with Gasteiger partial charge in [0.1, 0.15) is 5.52 Å². The van der Waals surface area contributed by atoms with Gasteiger partial charge in [0.05, 0.1) is 17.5 Å². The predicted octanol–water partition coefficient (Wildman–Crippen LogP) is 2.58. The number of hydrogen-bond acceptors (Lipinski definition) is 4. The summed E-state index contributed by atoms with van der Waals surface area (Å²) in [6.07, 6.45) is 11.6. The number of imidazole rings is 1. The fraction of sp³-hybridized carbons (Fsp3) is 0.650. The van der Waals surface area contributed by atoms with Gasteiger partial charge in [0.15, 0.2) is 5.65 Å². The highest BCUT2D eigenvalue weighted by Gasteiger charge is 2.57. The molecule has 26 heavy (non-hydrogen) atoms. The van der Waals surface area contributed by atoms with Gasteiger partial charge in [-0.05, 0) is 69.3 Å². The van der Waals surface area contributed by atoms with Crippen LogP contribution in [0.25, 0.3) is 11.2 Å². The van der Waals surface area contributed by atoms with Crippen molar-refractivity contribution in [2.75, 3.05) is 0 Å². The highest BCUT2D eigenvalue weighted by molar-refractivity contribution is 5.96. The lowest BCUT2D eigenvalue weighted by atomic mass is 9.51. The molecular weight excluding hydrogens is 328 g/mol. The Morgan fingerprint density at radius 2 is 1.96 bits per heavy atom. The number of aromatic nitrogens is 3. The Morgan fingerprint density at radius 1 is 1.19 bits per heavy atom. The van der Waals surface area contributed by atoms with Crippen LogP contribution in [0.1, 0.15) is 67.8 Å². The monoisotopic (exact) mass is 352 g/mol. The first-order chi connectivity index (χ1) is 12.5. The Morgan fingerprint density at radius 3 is 2.65 bits per heavy atom. The number of hydrogen-bond donors (Lipinski definition) is 2. The van der Waals surface area contributed by atoms with Crippen LogP contribution in [-0.2, 0) is 0 Å². The summed E-state index contributed by atoms with van der Waals surface area (Å²) in [4.78, 5) is 21.9. The van der Waals surface area contributed by atoms with Gasteiger partial charge in [0.2, 0.25) is 0 Å². The number of amides is 1. The van der Waals surface area contributed by atoms with E-state index < -0.39 is 5.60 Å². The third kappa shape index (κ3) is 2.24. The van der Waals surface area contributed by atoms with Crippen molar-refractivity contribution in [1.29, 1.82) is 0 Å². The smallest absolute Gasteiger partial charge is 0.253 e. The van der Waals surface area contributed by atoms with Crippen molar-refractivity contribution < 1.29 is 9.90 Å². The Hall–Kier alpha value is -1.95. The molecule has 0 aromatic carbocycles. The third-order valence-corrected chi connectivity index (χ3v) is 7.02. The molecule has 7 rings (SSSR count). The number of pyridine rings is 1.